The molecule has 0 atom stereocenters. The summed E-state index contributed by atoms with van der Waals surface area (Å²) in [7, 11) is -1.95. The molecule has 0 aliphatic carbocycles. The van der Waals surface area contributed by atoms with Gasteiger partial charge in [0.2, 0.25) is 10.0 Å². The van der Waals surface area contributed by atoms with Crippen molar-refractivity contribution >= 4 is 10.0 Å². The van der Waals surface area contributed by atoms with Crippen molar-refractivity contribution in [2.24, 2.45) is 0 Å². The highest BCUT2D eigenvalue weighted by Crippen LogP contribution is 2.15. The summed E-state index contributed by atoms with van der Waals surface area (Å²) in [5.74, 6) is -1.73. The van der Waals surface area contributed by atoms with E-state index >= 15 is 0 Å². The third-order valence-electron chi connectivity index (χ3n) is 3.72. The summed E-state index contributed by atoms with van der Waals surface area (Å²) in [5, 5.41) is 0. The van der Waals surface area contributed by atoms with Crippen LogP contribution in [0, 0.1) is 11.6 Å². The van der Waals surface area contributed by atoms with Gasteiger partial charge in [-0.25, -0.2) is 21.9 Å². The lowest BCUT2D eigenvalue weighted by molar-refractivity contribution is 0.153. The van der Waals surface area contributed by atoms with Crippen LogP contribution >= 0.6 is 0 Å². The number of hydrogen-bond acceptors (Lipinski definition) is 4. The molecular formula is C14H21F2N3O2S. The lowest BCUT2D eigenvalue weighted by Crippen LogP contribution is -2.45. The first kappa shape index (κ1) is 17.3. The highest BCUT2D eigenvalue weighted by molar-refractivity contribution is 7.89. The van der Waals surface area contributed by atoms with Crippen LogP contribution < -0.4 is 4.72 Å². The van der Waals surface area contributed by atoms with Crippen molar-refractivity contribution in [2.45, 2.75) is 11.3 Å². The number of hydrogen-bond donors (Lipinski definition) is 1. The number of piperazine rings is 1. The minimum absolute atomic E-state index is 0.199. The van der Waals surface area contributed by atoms with Crippen molar-refractivity contribution in [3.63, 3.8) is 0 Å². The molecule has 1 aliphatic rings. The molecule has 0 unspecified atom stereocenters. The van der Waals surface area contributed by atoms with E-state index in [0.29, 0.717) is 12.5 Å². The van der Waals surface area contributed by atoms with Crippen LogP contribution in [0.25, 0.3) is 0 Å². The highest BCUT2D eigenvalue weighted by atomic mass is 32.2. The van der Waals surface area contributed by atoms with Crippen molar-refractivity contribution < 1.29 is 17.2 Å². The quantitative estimate of drug-likeness (QED) is 0.786. The Hall–Kier alpha value is -1.09. The fraction of sp³-hybridized carbons (Fsp3) is 0.571. The summed E-state index contributed by atoms with van der Waals surface area (Å²) in [6.07, 6.45) is 0.625. The second kappa shape index (κ2) is 7.45. The van der Waals surface area contributed by atoms with Gasteiger partial charge in [-0.15, -0.1) is 0 Å². The number of likely N-dealkylation sites (N-methyl/N-ethyl adjacent to an activating group) is 1. The van der Waals surface area contributed by atoms with E-state index < -0.39 is 26.6 Å². The van der Waals surface area contributed by atoms with Crippen LogP contribution in [0.1, 0.15) is 6.42 Å². The topological polar surface area (TPSA) is 52.6 Å². The predicted octanol–water partition coefficient (Wildman–Crippen LogP) is 0.881. The standard InChI is InChI=1S/C14H21F2N3O2S/c1-18-7-9-19(10-8-18)6-2-5-17-22(20,21)14-11-12(15)3-4-13(14)16/h3-4,11,17H,2,5-10H2,1H3. The van der Waals surface area contributed by atoms with E-state index in [-0.39, 0.29) is 6.54 Å². The summed E-state index contributed by atoms with van der Waals surface area (Å²) in [5.41, 5.74) is 0. The molecule has 124 valence electrons. The molecule has 0 bridgehead atoms. The van der Waals surface area contributed by atoms with Gasteiger partial charge in [-0.05, 0) is 38.2 Å². The van der Waals surface area contributed by atoms with Crippen molar-refractivity contribution in [1.82, 2.24) is 14.5 Å². The number of nitrogens with zero attached hydrogens (tertiary/aromatic N) is 2. The van der Waals surface area contributed by atoms with Crippen molar-refractivity contribution in [3.8, 4) is 0 Å². The molecule has 0 spiro atoms. The Morgan fingerprint density at radius 2 is 1.86 bits per heavy atom. The lowest BCUT2D eigenvalue weighted by Gasteiger charge is -2.32. The first-order valence-corrected chi connectivity index (χ1v) is 8.72. The molecular weight excluding hydrogens is 312 g/mol. The largest absolute Gasteiger partial charge is 0.304 e. The van der Waals surface area contributed by atoms with E-state index in [1.165, 1.54) is 0 Å². The molecule has 8 heteroatoms. The van der Waals surface area contributed by atoms with Gasteiger partial charge in [0.1, 0.15) is 16.5 Å². The van der Waals surface area contributed by atoms with Crippen molar-refractivity contribution in [2.75, 3.05) is 46.3 Å². The van der Waals surface area contributed by atoms with Crippen LogP contribution in [0.5, 0.6) is 0 Å². The molecule has 0 radical (unpaired) electrons. The van der Waals surface area contributed by atoms with Gasteiger partial charge in [-0.3, -0.25) is 0 Å². The molecule has 1 aromatic carbocycles. The maximum absolute atomic E-state index is 13.5. The van der Waals surface area contributed by atoms with Crippen LogP contribution in [0.2, 0.25) is 0 Å². The first-order valence-electron chi connectivity index (χ1n) is 7.24. The zero-order valence-electron chi connectivity index (χ0n) is 12.6. The van der Waals surface area contributed by atoms with Gasteiger partial charge in [0.15, 0.2) is 0 Å². The van der Waals surface area contributed by atoms with Gasteiger partial charge in [0.05, 0.1) is 0 Å². The molecule has 2 rings (SSSR count). The summed E-state index contributed by atoms with van der Waals surface area (Å²) in [4.78, 5) is 3.86. The zero-order valence-corrected chi connectivity index (χ0v) is 13.4. The van der Waals surface area contributed by atoms with Gasteiger partial charge in [0.25, 0.3) is 0 Å². The van der Waals surface area contributed by atoms with E-state index in [1.807, 2.05) is 0 Å². The minimum Gasteiger partial charge on any atom is -0.304 e. The monoisotopic (exact) mass is 333 g/mol. The van der Waals surface area contributed by atoms with Gasteiger partial charge in [0, 0.05) is 32.7 Å². The van der Waals surface area contributed by atoms with Gasteiger partial charge >= 0.3 is 0 Å². The Labute approximate surface area is 130 Å². The van der Waals surface area contributed by atoms with Crippen molar-refractivity contribution in [1.29, 1.82) is 0 Å². The normalized spacial score (nSPS) is 17.8. The Morgan fingerprint density at radius 3 is 2.55 bits per heavy atom. The van der Waals surface area contributed by atoms with Gasteiger partial charge < -0.3 is 9.80 Å². The highest BCUT2D eigenvalue weighted by Gasteiger charge is 2.19. The van der Waals surface area contributed by atoms with Gasteiger partial charge in [-0.2, -0.15) is 0 Å². The minimum atomic E-state index is -4.02. The van der Waals surface area contributed by atoms with Crippen LogP contribution in [-0.2, 0) is 10.0 Å². The van der Waals surface area contributed by atoms with Gasteiger partial charge in [-0.1, -0.05) is 0 Å². The smallest absolute Gasteiger partial charge is 0.243 e. The van der Waals surface area contributed by atoms with E-state index in [2.05, 4.69) is 21.6 Å². The maximum Gasteiger partial charge on any atom is 0.243 e. The molecule has 0 amide bonds. The third-order valence-corrected chi connectivity index (χ3v) is 5.20. The average molecular weight is 333 g/mol. The maximum atomic E-state index is 13.5. The molecule has 5 nitrogen and oxygen atoms in total. The molecule has 1 aliphatic heterocycles. The van der Waals surface area contributed by atoms with E-state index in [4.69, 9.17) is 0 Å². The number of sulfonamides is 1. The summed E-state index contributed by atoms with van der Waals surface area (Å²) in [6.45, 7) is 4.90. The second-order valence-corrected chi connectivity index (χ2v) is 7.21. The molecule has 22 heavy (non-hydrogen) atoms. The van der Waals surface area contributed by atoms with Crippen LogP contribution in [0.3, 0.4) is 0 Å². The first-order chi connectivity index (χ1) is 10.4. The molecule has 1 aromatic rings. The molecule has 0 aromatic heterocycles. The number of rotatable bonds is 6. The fourth-order valence-electron chi connectivity index (χ4n) is 2.34. The Bertz CT molecular complexity index is 602. The Morgan fingerprint density at radius 1 is 1.18 bits per heavy atom. The Kier molecular flexibility index (Phi) is 5.85. The molecule has 1 fully saturated rings. The van der Waals surface area contributed by atoms with Crippen molar-refractivity contribution in [3.05, 3.63) is 29.8 Å². The molecule has 1 heterocycles. The summed E-state index contributed by atoms with van der Waals surface area (Å²) < 4.78 is 52.8. The fourth-order valence-corrected chi connectivity index (χ4v) is 3.50. The van der Waals surface area contributed by atoms with Crippen LogP contribution in [0.4, 0.5) is 8.78 Å². The van der Waals surface area contributed by atoms with E-state index in [1.54, 1.807) is 0 Å². The third kappa shape index (κ3) is 4.70. The van der Waals surface area contributed by atoms with E-state index in [0.717, 1.165) is 44.9 Å². The average Bonchev–Trinajstić information content (AvgIpc) is 2.48. The predicted molar refractivity (Wildman–Crippen MR) is 80.1 cm³/mol. The number of nitrogens with one attached hydrogen (secondary N) is 1. The van der Waals surface area contributed by atoms with Crippen LogP contribution in [-0.4, -0.2) is 64.5 Å². The SMILES string of the molecule is CN1CCN(CCCNS(=O)(=O)c2cc(F)ccc2F)CC1. The van der Waals surface area contributed by atoms with E-state index in [9.17, 15) is 17.2 Å². The Balaban J connectivity index is 1.82. The summed E-state index contributed by atoms with van der Waals surface area (Å²) >= 11 is 0. The number of benzene rings is 1. The molecule has 1 saturated heterocycles. The second-order valence-electron chi connectivity index (χ2n) is 5.47. The number of halogens is 2. The zero-order chi connectivity index (χ0) is 16.2. The molecule has 0 saturated carbocycles. The van der Waals surface area contributed by atoms with Crippen LogP contribution in [0.15, 0.2) is 23.1 Å². The molecule has 1 N–H and O–H groups in total. The summed E-state index contributed by atoms with van der Waals surface area (Å²) in [6, 6.07) is 2.40. The lowest BCUT2D eigenvalue weighted by atomic mass is 10.3.